The third-order valence-electron chi connectivity index (χ3n) is 2.72. The fraction of sp³-hybridized carbons (Fsp3) is 0.636. The molecule has 1 aliphatic heterocycles. The molecule has 0 spiro atoms. The summed E-state index contributed by atoms with van der Waals surface area (Å²) in [7, 11) is 0. The number of nitrogens with zero attached hydrogens (tertiary/aromatic N) is 2. The van der Waals surface area contributed by atoms with Crippen LogP contribution in [0.1, 0.15) is 26.7 Å². The van der Waals surface area contributed by atoms with Crippen LogP contribution in [0.25, 0.3) is 0 Å². The normalized spacial score (nSPS) is 29.0. The lowest BCUT2D eigenvalue weighted by atomic mass is 10.0. The van der Waals surface area contributed by atoms with Crippen molar-refractivity contribution in [2.24, 2.45) is 0 Å². The van der Waals surface area contributed by atoms with Crippen molar-refractivity contribution >= 4 is 21.7 Å². The molecular weight excluding hydrogens is 286 g/mol. The van der Waals surface area contributed by atoms with Gasteiger partial charge < -0.3 is 15.2 Å². The molecule has 2 unspecified atom stereocenters. The second kappa shape index (κ2) is 5.18. The van der Waals surface area contributed by atoms with Gasteiger partial charge in [-0.15, -0.1) is 0 Å². The van der Waals surface area contributed by atoms with Crippen LogP contribution in [0.2, 0.25) is 0 Å². The molecule has 1 fully saturated rings. The van der Waals surface area contributed by atoms with Crippen molar-refractivity contribution in [3.8, 4) is 5.88 Å². The molecule has 2 heterocycles. The predicted octanol–water partition coefficient (Wildman–Crippen LogP) is 2.16. The highest BCUT2D eigenvalue weighted by molar-refractivity contribution is 9.10. The summed E-state index contributed by atoms with van der Waals surface area (Å²) < 4.78 is 12.1. The third kappa shape index (κ3) is 3.07. The Morgan fingerprint density at radius 2 is 2.00 bits per heavy atom. The lowest BCUT2D eigenvalue weighted by molar-refractivity contribution is -0.0731. The Hall–Kier alpha value is -0.880. The zero-order chi connectivity index (χ0) is 12.4. The number of aromatic nitrogens is 2. The van der Waals surface area contributed by atoms with E-state index in [9.17, 15) is 0 Å². The van der Waals surface area contributed by atoms with Gasteiger partial charge >= 0.3 is 0 Å². The summed E-state index contributed by atoms with van der Waals surface area (Å²) >= 11 is 3.33. The standard InChI is InChI=1S/C11H16BrN3O2/c1-6-3-8(4-7(2)16-6)17-11-9(12)10(13)14-5-15-11/h5-8H,3-4H2,1-2H3,(H2,13,14,15). The van der Waals surface area contributed by atoms with E-state index in [2.05, 4.69) is 39.7 Å². The Bertz CT molecular complexity index is 392. The van der Waals surface area contributed by atoms with Gasteiger partial charge in [0, 0.05) is 12.8 Å². The topological polar surface area (TPSA) is 70.3 Å². The van der Waals surface area contributed by atoms with E-state index >= 15 is 0 Å². The van der Waals surface area contributed by atoms with Gasteiger partial charge in [-0.25, -0.2) is 9.97 Å². The monoisotopic (exact) mass is 301 g/mol. The van der Waals surface area contributed by atoms with E-state index in [0.717, 1.165) is 12.8 Å². The van der Waals surface area contributed by atoms with Crippen LogP contribution in [0.3, 0.4) is 0 Å². The number of ether oxygens (including phenoxy) is 2. The van der Waals surface area contributed by atoms with Gasteiger partial charge in [-0.05, 0) is 29.8 Å². The number of nitrogen functional groups attached to an aromatic ring is 1. The average Bonchev–Trinajstić information content (AvgIpc) is 2.23. The number of nitrogens with two attached hydrogens (primary N) is 1. The Kier molecular flexibility index (Phi) is 3.83. The van der Waals surface area contributed by atoms with Crippen LogP contribution >= 0.6 is 15.9 Å². The zero-order valence-corrected chi connectivity index (χ0v) is 11.5. The first-order chi connectivity index (χ1) is 8.06. The first-order valence-corrected chi connectivity index (χ1v) is 6.43. The van der Waals surface area contributed by atoms with Crippen molar-refractivity contribution < 1.29 is 9.47 Å². The maximum atomic E-state index is 5.85. The van der Waals surface area contributed by atoms with Gasteiger partial charge in [0.2, 0.25) is 5.88 Å². The summed E-state index contributed by atoms with van der Waals surface area (Å²) in [6.07, 6.45) is 3.66. The molecule has 1 aliphatic rings. The van der Waals surface area contributed by atoms with Crippen LogP contribution in [0.15, 0.2) is 10.8 Å². The van der Waals surface area contributed by atoms with Gasteiger partial charge in [0.1, 0.15) is 22.7 Å². The highest BCUT2D eigenvalue weighted by atomic mass is 79.9. The fourth-order valence-electron chi connectivity index (χ4n) is 2.05. The summed E-state index contributed by atoms with van der Waals surface area (Å²) in [5.74, 6) is 0.895. The molecule has 1 aromatic rings. The molecule has 0 amide bonds. The van der Waals surface area contributed by atoms with Crippen molar-refractivity contribution in [3.05, 3.63) is 10.8 Å². The molecule has 2 atom stereocenters. The SMILES string of the molecule is CC1CC(Oc2ncnc(N)c2Br)CC(C)O1. The lowest BCUT2D eigenvalue weighted by Gasteiger charge is -2.32. The van der Waals surface area contributed by atoms with Gasteiger partial charge in [0.15, 0.2) is 0 Å². The molecule has 0 aliphatic carbocycles. The Morgan fingerprint density at radius 1 is 1.35 bits per heavy atom. The largest absolute Gasteiger partial charge is 0.473 e. The second-order valence-electron chi connectivity index (χ2n) is 4.35. The van der Waals surface area contributed by atoms with Crippen LogP contribution in [-0.2, 0) is 4.74 Å². The lowest BCUT2D eigenvalue weighted by Crippen LogP contribution is -2.36. The molecule has 5 nitrogen and oxygen atoms in total. The van der Waals surface area contributed by atoms with Crippen LogP contribution in [0.4, 0.5) is 5.82 Å². The molecule has 6 heteroatoms. The molecule has 0 aromatic carbocycles. The molecule has 2 rings (SSSR count). The second-order valence-corrected chi connectivity index (χ2v) is 5.14. The zero-order valence-electron chi connectivity index (χ0n) is 9.89. The summed E-state index contributed by atoms with van der Waals surface area (Å²) in [4.78, 5) is 7.96. The smallest absolute Gasteiger partial charge is 0.233 e. The van der Waals surface area contributed by atoms with Crippen LogP contribution < -0.4 is 10.5 Å². The maximum Gasteiger partial charge on any atom is 0.233 e. The number of halogens is 1. The highest BCUT2D eigenvalue weighted by Gasteiger charge is 2.26. The highest BCUT2D eigenvalue weighted by Crippen LogP contribution is 2.30. The Morgan fingerprint density at radius 3 is 2.65 bits per heavy atom. The van der Waals surface area contributed by atoms with E-state index in [1.54, 1.807) is 0 Å². The maximum absolute atomic E-state index is 5.85. The van der Waals surface area contributed by atoms with E-state index in [1.165, 1.54) is 6.33 Å². The molecule has 0 saturated carbocycles. The molecule has 2 N–H and O–H groups in total. The molecule has 1 saturated heterocycles. The Balaban J connectivity index is 2.07. The first-order valence-electron chi connectivity index (χ1n) is 5.64. The van der Waals surface area contributed by atoms with Crippen molar-refractivity contribution in [2.75, 3.05) is 5.73 Å². The van der Waals surface area contributed by atoms with Crippen LogP contribution in [0, 0.1) is 0 Å². The Labute approximate surface area is 109 Å². The summed E-state index contributed by atoms with van der Waals surface area (Å²) in [6, 6.07) is 0. The molecule has 0 bridgehead atoms. The number of hydrogen-bond acceptors (Lipinski definition) is 5. The van der Waals surface area contributed by atoms with Crippen molar-refractivity contribution in [1.82, 2.24) is 9.97 Å². The van der Waals surface area contributed by atoms with Crippen molar-refractivity contribution in [1.29, 1.82) is 0 Å². The van der Waals surface area contributed by atoms with E-state index in [1.807, 2.05) is 0 Å². The van der Waals surface area contributed by atoms with E-state index in [-0.39, 0.29) is 18.3 Å². The molecule has 17 heavy (non-hydrogen) atoms. The van der Waals surface area contributed by atoms with Crippen LogP contribution in [-0.4, -0.2) is 28.3 Å². The van der Waals surface area contributed by atoms with Gasteiger partial charge in [0.05, 0.1) is 12.2 Å². The van der Waals surface area contributed by atoms with Crippen molar-refractivity contribution in [2.45, 2.75) is 45.0 Å². The molecule has 0 radical (unpaired) electrons. The van der Waals surface area contributed by atoms with Crippen molar-refractivity contribution in [3.63, 3.8) is 0 Å². The van der Waals surface area contributed by atoms with E-state index in [4.69, 9.17) is 15.2 Å². The summed E-state index contributed by atoms with van der Waals surface area (Å²) in [5, 5.41) is 0. The van der Waals surface area contributed by atoms with Gasteiger partial charge in [-0.2, -0.15) is 0 Å². The minimum Gasteiger partial charge on any atom is -0.473 e. The van der Waals surface area contributed by atoms with Crippen LogP contribution in [0.5, 0.6) is 5.88 Å². The number of hydrogen-bond donors (Lipinski definition) is 1. The van der Waals surface area contributed by atoms with E-state index in [0.29, 0.717) is 16.2 Å². The summed E-state index contributed by atoms with van der Waals surface area (Å²) in [5.41, 5.74) is 5.68. The fourth-order valence-corrected chi connectivity index (χ4v) is 2.35. The van der Waals surface area contributed by atoms with Gasteiger partial charge in [-0.3, -0.25) is 0 Å². The molecule has 94 valence electrons. The number of rotatable bonds is 2. The quantitative estimate of drug-likeness (QED) is 0.906. The third-order valence-corrected chi connectivity index (χ3v) is 3.46. The minimum atomic E-state index is 0.111. The summed E-state index contributed by atoms with van der Waals surface area (Å²) in [6.45, 7) is 4.10. The minimum absolute atomic E-state index is 0.111. The molecule has 1 aromatic heterocycles. The van der Waals surface area contributed by atoms with E-state index < -0.39 is 0 Å². The van der Waals surface area contributed by atoms with Gasteiger partial charge in [-0.1, -0.05) is 0 Å². The predicted molar refractivity (Wildman–Crippen MR) is 67.8 cm³/mol. The number of anilines is 1. The first kappa shape index (κ1) is 12.6. The van der Waals surface area contributed by atoms with Gasteiger partial charge in [0.25, 0.3) is 0 Å². The molecular formula is C11H16BrN3O2. The average molecular weight is 302 g/mol.